The molecule has 2 aliphatic heterocycles. The lowest BCUT2D eigenvalue weighted by atomic mass is 10.2. The molecule has 10 heteroatoms. The molecule has 8 nitrogen and oxygen atoms in total. The maximum absolute atomic E-state index is 13.3. The lowest BCUT2D eigenvalue weighted by Crippen LogP contribution is -2.54. The number of carbonyl (C=O) groups is 1. The Morgan fingerprint density at radius 2 is 2.00 bits per heavy atom. The van der Waals surface area contributed by atoms with Crippen LogP contribution in [0.4, 0.5) is 19.4 Å². The number of amides is 1. The Labute approximate surface area is 171 Å². The summed E-state index contributed by atoms with van der Waals surface area (Å²) < 4.78 is 38.8. The van der Waals surface area contributed by atoms with Crippen LogP contribution in [0.3, 0.4) is 0 Å². The quantitative estimate of drug-likeness (QED) is 0.755. The molecule has 0 spiro atoms. The number of hydrogen-bond acceptors (Lipinski definition) is 6. The summed E-state index contributed by atoms with van der Waals surface area (Å²) in [6, 6.07) is 5.07. The second-order valence-corrected chi connectivity index (χ2v) is 7.61. The predicted octanol–water partition coefficient (Wildman–Crippen LogP) is 2.15. The molecule has 1 atom stereocenters. The van der Waals surface area contributed by atoms with Crippen LogP contribution in [0.25, 0.3) is 0 Å². The van der Waals surface area contributed by atoms with Crippen molar-refractivity contribution in [1.82, 2.24) is 14.5 Å². The molecule has 1 unspecified atom stereocenters. The van der Waals surface area contributed by atoms with Gasteiger partial charge in [-0.15, -0.1) is 0 Å². The van der Waals surface area contributed by atoms with Crippen LogP contribution in [0.5, 0.6) is 5.88 Å². The Hall–Kier alpha value is -3.17. The molecule has 2 aromatic rings. The number of hydrogen-bond donors (Lipinski definition) is 0. The van der Waals surface area contributed by atoms with E-state index in [1.54, 1.807) is 29.4 Å². The van der Waals surface area contributed by atoms with Crippen LogP contribution < -0.4 is 15.3 Å². The van der Waals surface area contributed by atoms with E-state index in [0.29, 0.717) is 37.6 Å². The number of anilines is 1. The average molecular weight is 420 g/mol. The van der Waals surface area contributed by atoms with E-state index in [1.807, 2.05) is 4.90 Å². The van der Waals surface area contributed by atoms with Crippen LogP contribution in [-0.4, -0.2) is 52.3 Å². The number of benzene rings is 1. The van der Waals surface area contributed by atoms with Crippen molar-refractivity contribution in [1.29, 1.82) is 0 Å². The number of aromatic nitrogens is 2. The zero-order chi connectivity index (χ0) is 21.4. The van der Waals surface area contributed by atoms with Crippen molar-refractivity contribution in [3.05, 3.63) is 51.9 Å². The Kier molecular flexibility index (Phi) is 5.31. The molecule has 0 bridgehead atoms. The van der Waals surface area contributed by atoms with E-state index in [-0.39, 0.29) is 30.7 Å². The lowest BCUT2D eigenvalue weighted by molar-refractivity contribution is 0.0710. The Bertz CT molecular complexity index is 1030. The molecule has 3 heterocycles. The summed E-state index contributed by atoms with van der Waals surface area (Å²) in [7, 11) is 0. The third kappa shape index (κ3) is 3.94. The molecule has 2 aliphatic rings. The highest BCUT2D eigenvalue weighted by molar-refractivity contribution is 5.68. The largest absolute Gasteiger partial charge is 0.473 e. The summed E-state index contributed by atoms with van der Waals surface area (Å²) >= 11 is 0. The molecule has 0 N–H and O–H groups in total. The fourth-order valence-corrected chi connectivity index (χ4v) is 3.71. The third-order valence-electron chi connectivity index (χ3n) is 5.10. The molecule has 0 aliphatic carbocycles. The van der Waals surface area contributed by atoms with Crippen LogP contribution in [0.2, 0.25) is 0 Å². The maximum atomic E-state index is 13.3. The van der Waals surface area contributed by atoms with Gasteiger partial charge in [-0.1, -0.05) is 6.07 Å². The maximum Gasteiger partial charge on any atom is 0.410 e. The number of fused-ring (bicyclic) bond motifs is 3. The first-order chi connectivity index (χ1) is 14.3. The van der Waals surface area contributed by atoms with Gasteiger partial charge >= 0.3 is 11.8 Å². The van der Waals surface area contributed by atoms with Crippen LogP contribution in [0.1, 0.15) is 19.4 Å². The summed E-state index contributed by atoms with van der Waals surface area (Å²) in [5, 5.41) is 0. The molecule has 0 radical (unpaired) electrons. The number of piperazine rings is 1. The highest BCUT2D eigenvalue weighted by atomic mass is 19.2. The van der Waals surface area contributed by atoms with Gasteiger partial charge in [0.1, 0.15) is 12.4 Å². The number of rotatable bonds is 4. The van der Waals surface area contributed by atoms with Crippen LogP contribution in [0.15, 0.2) is 29.1 Å². The first kappa shape index (κ1) is 20.1. The number of halogens is 2. The molecule has 30 heavy (non-hydrogen) atoms. The van der Waals surface area contributed by atoms with Gasteiger partial charge in [-0.3, -0.25) is 4.57 Å². The van der Waals surface area contributed by atoms with Crippen molar-refractivity contribution >= 4 is 11.9 Å². The standard InChI is InChI=1S/C20H22F2N4O4/c1-12(2)30-20(28)24-5-6-25-14(9-24)10-26-18(25)8-17(23-19(26)27)29-11-13-3-4-15(21)16(22)7-13/h3-4,7-8,12,14H,5-6,9-11H2,1-2H3. The Morgan fingerprint density at radius 1 is 1.20 bits per heavy atom. The second-order valence-electron chi connectivity index (χ2n) is 7.61. The smallest absolute Gasteiger partial charge is 0.410 e. The molecular weight excluding hydrogens is 398 g/mol. The normalized spacial score (nSPS) is 17.7. The van der Waals surface area contributed by atoms with Crippen molar-refractivity contribution in [3.63, 3.8) is 0 Å². The van der Waals surface area contributed by atoms with Crippen LogP contribution in [0, 0.1) is 11.6 Å². The predicted molar refractivity (Wildman–Crippen MR) is 104 cm³/mol. The Morgan fingerprint density at radius 3 is 2.73 bits per heavy atom. The summed E-state index contributed by atoms with van der Waals surface area (Å²) in [6.07, 6.45) is -0.556. The van der Waals surface area contributed by atoms with E-state index in [2.05, 4.69) is 4.98 Å². The zero-order valence-electron chi connectivity index (χ0n) is 16.7. The molecular formula is C20H22F2N4O4. The zero-order valence-corrected chi connectivity index (χ0v) is 16.7. The summed E-state index contributed by atoms with van der Waals surface area (Å²) in [5.41, 5.74) is -0.0371. The van der Waals surface area contributed by atoms with Crippen molar-refractivity contribution < 1.29 is 23.0 Å². The molecule has 1 saturated heterocycles. The fourth-order valence-electron chi connectivity index (χ4n) is 3.71. The van der Waals surface area contributed by atoms with Gasteiger partial charge in [-0.2, -0.15) is 4.98 Å². The topological polar surface area (TPSA) is 76.9 Å². The van der Waals surface area contributed by atoms with E-state index in [9.17, 15) is 18.4 Å². The van der Waals surface area contributed by atoms with Crippen molar-refractivity contribution in [3.8, 4) is 5.88 Å². The SMILES string of the molecule is CC(C)OC(=O)N1CCN2c3cc(OCc4ccc(F)c(F)c4)nc(=O)n3CC2C1. The summed E-state index contributed by atoms with van der Waals surface area (Å²) in [4.78, 5) is 32.3. The number of ether oxygens (including phenoxy) is 2. The Balaban J connectivity index is 1.47. The average Bonchev–Trinajstić information content (AvgIpc) is 3.07. The minimum Gasteiger partial charge on any atom is -0.473 e. The van der Waals surface area contributed by atoms with E-state index in [4.69, 9.17) is 9.47 Å². The van der Waals surface area contributed by atoms with Gasteiger partial charge in [0.15, 0.2) is 11.6 Å². The van der Waals surface area contributed by atoms with Gasteiger partial charge in [-0.25, -0.2) is 18.4 Å². The molecule has 1 aromatic carbocycles. The summed E-state index contributed by atoms with van der Waals surface area (Å²) in [6.45, 7) is 5.42. The molecule has 1 fully saturated rings. The van der Waals surface area contributed by atoms with Gasteiger partial charge in [-0.05, 0) is 31.5 Å². The first-order valence-corrected chi connectivity index (χ1v) is 9.72. The molecule has 1 aromatic heterocycles. The number of nitrogens with zero attached hydrogens (tertiary/aromatic N) is 4. The van der Waals surface area contributed by atoms with Crippen molar-refractivity contribution in [2.45, 2.75) is 39.1 Å². The number of carbonyl (C=O) groups excluding carboxylic acids is 1. The van der Waals surface area contributed by atoms with Crippen LogP contribution in [-0.2, 0) is 17.9 Å². The monoisotopic (exact) mass is 420 g/mol. The van der Waals surface area contributed by atoms with Gasteiger partial charge in [0.05, 0.1) is 18.7 Å². The minimum atomic E-state index is -0.963. The van der Waals surface area contributed by atoms with Crippen molar-refractivity contribution in [2.24, 2.45) is 0 Å². The van der Waals surface area contributed by atoms with Gasteiger partial charge in [0, 0.05) is 25.7 Å². The van der Waals surface area contributed by atoms with Gasteiger partial charge in [0.25, 0.3) is 0 Å². The minimum absolute atomic E-state index is 0.0503. The molecule has 1 amide bonds. The highest BCUT2D eigenvalue weighted by Crippen LogP contribution is 2.29. The molecule has 4 rings (SSSR count). The van der Waals surface area contributed by atoms with Crippen LogP contribution >= 0.6 is 0 Å². The van der Waals surface area contributed by atoms with E-state index in [1.165, 1.54) is 6.07 Å². The fraction of sp³-hybridized carbons (Fsp3) is 0.450. The molecule has 0 saturated carbocycles. The summed E-state index contributed by atoms with van der Waals surface area (Å²) in [5.74, 6) is -1.12. The second kappa shape index (κ2) is 7.92. The van der Waals surface area contributed by atoms with E-state index < -0.39 is 17.3 Å². The van der Waals surface area contributed by atoms with Gasteiger partial charge < -0.3 is 19.3 Å². The third-order valence-corrected chi connectivity index (χ3v) is 5.10. The lowest BCUT2D eigenvalue weighted by Gasteiger charge is -2.37. The first-order valence-electron chi connectivity index (χ1n) is 9.72. The highest BCUT2D eigenvalue weighted by Gasteiger charge is 2.37. The molecule has 160 valence electrons. The van der Waals surface area contributed by atoms with E-state index in [0.717, 1.165) is 12.1 Å². The van der Waals surface area contributed by atoms with E-state index >= 15 is 0 Å². The van der Waals surface area contributed by atoms with Gasteiger partial charge in [0.2, 0.25) is 5.88 Å². The van der Waals surface area contributed by atoms with Crippen molar-refractivity contribution in [2.75, 3.05) is 24.5 Å².